The molecule has 2 fully saturated rings. The van der Waals surface area contributed by atoms with Crippen molar-refractivity contribution in [2.24, 2.45) is 5.41 Å². The van der Waals surface area contributed by atoms with Crippen LogP contribution in [-0.2, 0) is 6.54 Å². The molecule has 1 aromatic heterocycles. The summed E-state index contributed by atoms with van der Waals surface area (Å²) < 4.78 is 2.03. The smallest absolute Gasteiger partial charge is 0.257 e. The second-order valence-corrected chi connectivity index (χ2v) is 7.24. The van der Waals surface area contributed by atoms with Gasteiger partial charge in [0.25, 0.3) is 5.91 Å². The van der Waals surface area contributed by atoms with Crippen molar-refractivity contribution >= 4 is 5.91 Å². The van der Waals surface area contributed by atoms with Gasteiger partial charge in [0.15, 0.2) is 0 Å². The number of carbonyl (C=O) groups excluding carboxylic acids is 1. The van der Waals surface area contributed by atoms with Crippen LogP contribution in [0.5, 0.6) is 0 Å². The monoisotopic (exact) mass is 305 g/mol. The number of carbonyl (C=O) groups is 1. The minimum Gasteiger partial charge on any atom is -0.396 e. The molecule has 2 aliphatic rings. The summed E-state index contributed by atoms with van der Waals surface area (Å²) in [5, 5.41) is 14.1. The number of likely N-dealkylation sites (tertiary alicyclic amines) is 1. The third-order valence-corrected chi connectivity index (χ3v) is 4.96. The highest BCUT2D eigenvalue weighted by atomic mass is 16.3. The second-order valence-electron chi connectivity index (χ2n) is 7.24. The Morgan fingerprint density at radius 3 is 2.91 bits per heavy atom. The number of hydrogen-bond donors (Lipinski definition) is 1. The van der Waals surface area contributed by atoms with Gasteiger partial charge in [-0.15, -0.1) is 0 Å². The van der Waals surface area contributed by atoms with Crippen LogP contribution in [0.2, 0.25) is 0 Å². The molecule has 5 nitrogen and oxygen atoms in total. The van der Waals surface area contributed by atoms with Crippen LogP contribution < -0.4 is 0 Å². The van der Waals surface area contributed by atoms with Crippen molar-refractivity contribution in [2.75, 3.05) is 19.7 Å². The van der Waals surface area contributed by atoms with Crippen LogP contribution in [0, 0.1) is 5.41 Å². The quantitative estimate of drug-likeness (QED) is 0.909. The molecule has 1 N–H and O–H groups in total. The highest BCUT2D eigenvalue weighted by Crippen LogP contribution is 2.42. The number of piperidine rings is 1. The van der Waals surface area contributed by atoms with Crippen LogP contribution in [0.3, 0.4) is 0 Å². The van der Waals surface area contributed by atoms with Gasteiger partial charge in [0.1, 0.15) is 0 Å². The lowest BCUT2D eigenvalue weighted by molar-refractivity contribution is 0.0357. The van der Waals surface area contributed by atoms with E-state index in [1.165, 1.54) is 12.8 Å². The van der Waals surface area contributed by atoms with Gasteiger partial charge in [-0.3, -0.25) is 9.48 Å². The molecule has 3 rings (SSSR count). The number of nitrogens with zero attached hydrogens (tertiary/aromatic N) is 3. The predicted molar refractivity (Wildman–Crippen MR) is 84.8 cm³/mol. The molecule has 0 aromatic carbocycles. The van der Waals surface area contributed by atoms with Gasteiger partial charge in [0, 0.05) is 31.0 Å². The van der Waals surface area contributed by atoms with Crippen molar-refractivity contribution in [2.45, 2.75) is 58.4 Å². The largest absolute Gasteiger partial charge is 0.396 e. The van der Waals surface area contributed by atoms with Gasteiger partial charge >= 0.3 is 0 Å². The summed E-state index contributed by atoms with van der Waals surface area (Å²) in [6.07, 6.45) is 7.08. The number of aromatic nitrogens is 2. The summed E-state index contributed by atoms with van der Waals surface area (Å²) in [7, 11) is 0. The zero-order valence-electron chi connectivity index (χ0n) is 13.7. The first-order valence-corrected chi connectivity index (χ1v) is 8.54. The van der Waals surface area contributed by atoms with Crippen LogP contribution >= 0.6 is 0 Å². The van der Waals surface area contributed by atoms with Crippen molar-refractivity contribution in [3.05, 3.63) is 17.5 Å². The summed E-state index contributed by atoms with van der Waals surface area (Å²) in [6, 6.07) is 0. The van der Waals surface area contributed by atoms with Gasteiger partial charge in [0.2, 0.25) is 0 Å². The number of aliphatic hydroxyl groups excluding tert-OH is 1. The lowest BCUT2D eigenvalue weighted by Gasteiger charge is -2.39. The van der Waals surface area contributed by atoms with Crippen molar-refractivity contribution in [1.82, 2.24) is 14.7 Å². The molecule has 0 radical (unpaired) electrons. The molecule has 5 heteroatoms. The molecule has 2 heterocycles. The lowest BCUT2D eigenvalue weighted by atomic mass is 9.82. The number of hydrogen-bond acceptors (Lipinski definition) is 3. The Hall–Kier alpha value is -1.36. The van der Waals surface area contributed by atoms with E-state index < -0.39 is 0 Å². The van der Waals surface area contributed by atoms with Gasteiger partial charge in [-0.25, -0.2) is 0 Å². The lowest BCUT2D eigenvalue weighted by Crippen LogP contribution is -2.46. The first kappa shape index (κ1) is 15.5. The fourth-order valence-electron chi connectivity index (χ4n) is 3.53. The van der Waals surface area contributed by atoms with Gasteiger partial charge in [0.05, 0.1) is 24.1 Å². The fourth-order valence-corrected chi connectivity index (χ4v) is 3.53. The molecule has 1 unspecified atom stereocenters. The molecule has 1 saturated carbocycles. The van der Waals surface area contributed by atoms with Crippen LogP contribution in [0.15, 0.2) is 6.20 Å². The fraction of sp³-hybridized carbons (Fsp3) is 0.765. The minimum atomic E-state index is -0.160. The average Bonchev–Trinajstić information content (AvgIpc) is 3.28. The molecule has 0 bridgehead atoms. The topological polar surface area (TPSA) is 58.4 Å². The van der Waals surface area contributed by atoms with E-state index >= 15 is 0 Å². The minimum absolute atomic E-state index is 0.101. The number of aliphatic hydroxyl groups is 1. The molecule has 1 aromatic rings. The van der Waals surface area contributed by atoms with Crippen LogP contribution in [0.4, 0.5) is 0 Å². The molecule has 1 amide bonds. The van der Waals surface area contributed by atoms with E-state index in [9.17, 15) is 9.90 Å². The molecule has 22 heavy (non-hydrogen) atoms. The van der Waals surface area contributed by atoms with E-state index in [0.717, 1.165) is 43.6 Å². The second kappa shape index (κ2) is 6.03. The Bertz CT molecular complexity index is 550. The first-order chi connectivity index (χ1) is 10.6. The Labute approximate surface area is 132 Å². The molecule has 122 valence electrons. The van der Waals surface area contributed by atoms with Crippen LogP contribution in [0.25, 0.3) is 0 Å². The van der Waals surface area contributed by atoms with Gasteiger partial charge in [-0.1, -0.05) is 13.8 Å². The zero-order valence-corrected chi connectivity index (χ0v) is 13.7. The van der Waals surface area contributed by atoms with Crippen molar-refractivity contribution in [3.8, 4) is 0 Å². The summed E-state index contributed by atoms with van der Waals surface area (Å²) >= 11 is 0. The summed E-state index contributed by atoms with van der Waals surface area (Å²) in [5.41, 5.74) is 1.77. The standard InChI is InChI=1S/C17H27N3O2/c1-3-8-20-15(13-5-6-13)14(10-18-20)16(22)19-9-4-7-17(2,11-19)12-21/h10,13,21H,3-9,11-12H2,1-2H3. The average molecular weight is 305 g/mol. The third-order valence-electron chi connectivity index (χ3n) is 4.96. The maximum Gasteiger partial charge on any atom is 0.257 e. The summed E-state index contributed by atoms with van der Waals surface area (Å²) in [6.45, 7) is 6.66. The zero-order chi connectivity index (χ0) is 15.7. The number of amides is 1. The SMILES string of the molecule is CCCn1ncc(C(=O)N2CCCC(C)(CO)C2)c1C1CC1. The highest BCUT2D eigenvalue weighted by molar-refractivity contribution is 5.95. The maximum absolute atomic E-state index is 13.0. The molecule has 1 aliphatic heterocycles. The Balaban J connectivity index is 1.83. The highest BCUT2D eigenvalue weighted by Gasteiger charge is 2.37. The first-order valence-electron chi connectivity index (χ1n) is 8.54. The van der Waals surface area contributed by atoms with E-state index in [1.807, 2.05) is 9.58 Å². The normalized spacial score (nSPS) is 25.5. The third kappa shape index (κ3) is 2.91. The van der Waals surface area contributed by atoms with E-state index in [2.05, 4.69) is 18.9 Å². The molecular weight excluding hydrogens is 278 g/mol. The molecule has 0 spiro atoms. The number of aryl methyl sites for hydroxylation is 1. The molecule has 1 atom stereocenters. The van der Waals surface area contributed by atoms with Gasteiger partial charge in [-0.05, 0) is 32.1 Å². The van der Waals surface area contributed by atoms with E-state index in [-0.39, 0.29) is 17.9 Å². The maximum atomic E-state index is 13.0. The van der Waals surface area contributed by atoms with Crippen molar-refractivity contribution < 1.29 is 9.90 Å². The molecule has 1 aliphatic carbocycles. The predicted octanol–water partition coefficient (Wildman–Crippen LogP) is 2.41. The molecule has 1 saturated heterocycles. The van der Waals surface area contributed by atoms with E-state index in [4.69, 9.17) is 0 Å². The van der Waals surface area contributed by atoms with E-state index in [1.54, 1.807) is 6.20 Å². The van der Waals surface area contributed by atoms with Crippen molar-refractivity contribution in [3.63, 3.8) is 0 Å². The summed E-state index contributed by atoms with van der Waals surface area (Å²) in [4.78, 5) is 14.9. The van der Waals surface area contributed by atoms with Crippen LogP contribution in [-0.4, -0.2) is 45.4 Å². The number of rotatable bonds is 5. The Kier molecular flexibility index (Phi) is 4.26. The van der Waals surface area contributed by atoms with Crippen molar-refractivity contribution in [1.29, 1.82) is 0 Å². The Morgan fingerprint density at radius 2 is 2.27 bits per heavy atom. The van der Waals surface area contributed by atoms with Crippen LogP contribution in [0.1, 0.15) is 67.9 Å². The molecular formula is C17H27N3O2. The van der Waals surface area contributed by atoms with E-state index in [0.29, 0.717) is 12.5 Å². The van der Waals surface area contributed by atoms with Gasteiger partial charge < -0.3 is 10.0 Å². The Morgan fingerprint density at radius 1 is 1.50 bits per heavy atom. The van der Waals surface area contributed by atoms with Gasteiger partial charge in [-0.2, -0.15) is 5.10 Å². The summed E-state index contributed by atoms with van der Waals surface area (Å²) in [5.74, 6) is 0.616.